The number of fused-ring (bicyclic) bond motifs is 1. The first-order valence-corrected chi connectivity index (χ1v) is 7.35. The Bertz CT molecular complexity index is 830. The van der Waals surface area contributed by atoms with Crippen molar-refractivity contribution in [2.75, 3.05) is 7.11 Å². The Balaban J connectivity index is 2.36. The lowest BCUT2D eigenvalue weighted by Gasteiger charge is -2.07. The molecule has 0 unspecified atom stereocenters. The van der Waals surface area contributed by atoms with Crippen LogP contribution in [0.25, 0.3) is 16.7 Å². The standard InChI is InChI=1S/C15H13BrN2OS/c1-9-6-10(16)8-11(7-9)18-12-4-3-5-13(19-2)14(12)17-15(18)20/h3-8H,1-2H3,(H,17,20). The van der Waals surface area contributed by atoms with Gasteiger partial charge in [-0.05, 0) is 55.0 Å². The summed E-state index contributed by atoms with van der Waals surface area (Å²) in [5.74, 6) is 0.791. The summed E-state index contributed by atoms with van der Waals surface area (Å²) in [6, 6.07) is 12.1. The third kappa shape index (κ3) is 2.17. The summed E-state index contributed by atoms with van der Waals surface area (Å²) in [4.78, 5) is 3.22. The number of nitrogens with one attached hydrogen (secondary N) is 1. The van der Waals surface area contributed by atoms with Crippen molar-refractivity contribution >= 4 is 39.2 Å². The summed E-state index contributed by atoms with van der Waals surface area (Å²) < 4.78 is 9.09. The van der Waals surface area contributed by atoms with Crippen molar-refractivity contribution in [3.8, 4) is 11.4 Å². The van der Waals surface area contributed by atoms with E-state index in [1.54, 1.807) is 7.11 Å². The molecule has 3 nitrogen and oxygen atoms in total. The first-order valence-electron chi connectivity index (χ1n) is 6.15. The van der Waals surface area contributed by atoms with Gasteiger partial charge in [0.2, 0.25) is 0 Å². The number of hydrogen-bond donors (Lipinski definition) is 1. The summed E-state index contributed by atoms with van der Waals surface area (Å²) in [7, 11) is 1.66. The molecule has 0 radical (unpaired) electrons. The van der Waals surface area contributed by atoms with E-state index in [0.717, 1.165) is 26.9 Å². The Morgan fingerprint density at radius 1 is 1.25 bits per heavy atom. The van der Waals surface area contributed by atoms with Crippen molar-refractivity contribution < 1.29 is 4.74 Å². The van der Waals surface area contributed by atoms with Gasteiger partial charge < -0.3 is 9.72 Å². The lowest BCUT2D eigenvalue weighted by atomic mass is 10.2. The number of H-pyrrole nitrogens is 1. The number of rotatable bonds is 2. The molecule has 0 spiro atoms. The zero-order chi connectivity index (χ0) is 14.3. The first-order chi connectivity index (χ1) is 9.60. The fraction of sp³-hybridized carbons (Fsp3) is 0.133. The number of halogens is 1. The molecule has 5 heteroatoms. The molecule has 0 fully saturated rings. The summed E-state index contributed by atoms with van der Waals surface area (Å²) in [6.07, 6.45) is 0. The highest BCUT2D eigenvalue weighted by atomic mass is 79.9. The van der Waals surface area contributed by atoms with E-state index in [1.807, 2.05) is 22.8 Å². The van der Waals surface area contributed by atoms with Crippen LogP contribution in [0.2, 0.25) is 0 Å². The third-order valence-corrected chi connectivity index (χ3v) is 3.93. The van der Waals surface area contributed by atoms with Crippen LogP contribution in [0.1, 0.15) is 5.56 Å². The van der Waals surface area contributed by atoms with Gasteiger partial charge in [-0.25, -0.2) is 0 Å². The van der Waals surface area contributed by atoms with Gasteiger partial charge in [0.05, 0.1) is 12.6 Å². The second-order valence-electron chi connectivity index (χ2n) is 4.61. The normalized spacial score (nSPS) is 10.9. The molecule has 0 saturated carbocycles. The Hall–Kier alpha value is -1.59. The largest absolute Gasteiger partial charge is 0.494 e. The van der Waals surface area contributed by atoms with E-state index in [4.69, 9.17) is 17.0 Å². The van der Waals surface area contributed by atoms with Crippen molar-refractivity contribution in [3.05, 3.63) is 51.2 Å². The van der Waals surface area contributed by atoms with Gasteiger partial charge in [0.1, 0.15) is 11.3 Å². The summed E-state index contributed by atoms with van der Waals surface area (Å²) in [6.45, 7) is 2.06. The summed E-state index contributed by atoms with van der Waals surface area (Å²) in [5, 5.41) is 0. The number of aromatic amines is 1. The fourth-order valence-corrected chi connectivity index (χ4v) is 3.28. The lowest BCUT2D eigenvalue weighted by molar-refractivity contribution is 0.419. The molecule has 2 aromatic carbocycles. The number of para-hydroxylation sites is 1. The number of imidazole rings is 1. The van der Waals surface area contributed by atoms with Crippen LogP contribution in [0.4, 0.5) is 0 Å². The van der Waals surface area contributed by atoms with Gasteiger partial charge >= 0.3 is 0 Å². The van der Waals surface area contributed by atoms with E-state index in [2.05, 4.69) is 46.0 Å². The van der Waals surface area contributed by atoms with Crippen molar-refractivity contribution in [1.29, 1.82) is 0 Å². The maximum Gasteiger partial charge on any atom is 0.182 e. The molecule has 3 aromatic rings. The van der Waals surface area contributed by atoms with E-state index in [9.17, 15) is 0 Å². The third-order valence-electron chi connectivity index (χ3n) is 3.19. The fourth-order valence-electron chi connectivity index (χ4n) is 2.38. The van der Waals surface area contributed by atoms with Gasteiger partial charge in [-0.1, -0.05) is 22.0 Å². The van der Waals surface area contributed by atoms with Crippen molar-refractivity contribution in [2.45, 2.75) is 6.92 Å². The highest BCUT2D eigenvalue weighted by Gasteiger charge is 2.10. The predicted molar refractivity (Wildman–Crippen MR) is 87.4 cm³/mol. The second-order valence-corrected chi connectivity index (χ2v) is 5.91. The SMILES string of the molecule is COc1cccc2c1[nH]c(=S)n2-c1cc(C)cc(Br)c1. The Labute approximate surface area is 130 Å². The van der Waals surface area contributed by atoms with Gasteiger partial charge in [0, 0.05) is 10.2 Å². The molecule has 0 aliphatic rings. The van der Waals surface area contributed by atoms with Crippen LogP contribution in [0.15, 0.2) is 40.9 Å². The Morgan fingerprint density at radius 3 is 2.75 bits per heavy atom. The molecule has 20 heavy (non-hydrogen) atoms. The van der Waals surface area contributed by atoms with Crippen LogP contribution in [-0.2, 0) is 0 Å². The maximum absolute atomic E-state index is 5.47. The molecule has 1 N–H and O–H groups in total. The molecule has 0 saturated heterocycles. The molecule has 102 valence electrons. The number of aromatic nitrogens is 2. The Kier molecular flexibility index (Phi) is 3.40. The van der Waals surface area contributed by atoms with E-state index in [1.165, 1.54) is 5.56 Å². The van der Waals surface area contributed by atoms with Crippen LogP contribution >= 0.6 is 28.1 Å². The lowest BCUT2D eigenvalue weighted by Crippen LogP contribution is -1.95. The van der Waals surface area contributed by atoms with E-state index >= 15 is 0 Å². The van der Waals surface area contributed by atoms with Gasteiger partial charge in [0.15, 0.2) is 4.77 Å². The number of ether oxygens (including phenoxy) is 1. The minimum Gasteiger partial charge on any atom is -0.494 e. The summed E-state index contributed by atoms with van der Waals surface area (Å²) >= 11 is 9.00. The predicted octanol–water partition coefficient (Wildman–Crippen LogP) is 4.77. The van der Waals surface area contributed by atoms with Gasteiger partial charge in [-0.2, -0.15) is 0 Å². The maximum atomic E-state index is 5.47. The molecule has 0 aliphatic carbocycles. The molecular formula is C15H13BrN2OS. The number of benzene rings is 2. The van der Waals surface area contributed by atoms with Crippen LogP contribution in [0.3, 0.4) is 0 Å². The van der Waals surface area contributed by atoms with Gasteiger partial charge in [-0.3, -0.25) is 4.57 Å². The molecule has 0 aliphatic heterocycles. The second kappa shape index (κ2) is 5.07. The van der Waals surface area contributed by atoms with E-state index in [-0.39, 0.29) is 0 Å². The van der Waals surface area contributed by atoms with E-state index < -0.39 is 0 Å². The Morgan fingerprint density at radius 2 is 2.05 bits per heavy atom. The molecule has 0 amide bonds. The highest BCUT2D eigenvalue weighted by molar-refractivity contribution is 9.10. The van der Waals surface area contributed by atoms with Crippen LogP contribution in [0, 0.1) is 11.7 Å². The summed E-state index contributed by atoms with van der Waals surface area (Å²) in [5.41, 5.74) is 4.12. The minimum atomic E-state index is 0.655. The topological polar surface area (TPSA) is 29.9 Å². The molecule has 3 rings (SSSR count). The van der Waals surface area contributed by atoms with Crippen LogP contribution in [-0.4, -0.2) is 16.7 Å². The average molecular weight is 349 g/mol. The van der Waals surface area contributed by atoms with Crippen LogP contribution < -0.4 is 4.74 Å². The minimum absolute atomic E-state index is 0.655. The molecule has 0 atom stereocenters. The molecule has 0 bridgehead atoms. The van der Waals surface area contributed by atoms with E-state index in [0.29, 0.717) is 4.77 Å². The van der Waals surface area contributed by atoms with Crippen molar-refractivity contribution in [2.24, 2.45) is 0 Å². The van der Waals surface area contributed by atoms with Crippen molar-refractivity contribution in [1.82, 2.24) is 9.55 Å². The number of hydrogen-bond acceptors (Lipinski definition) is 2. The number of nitrogens with zero attached hydrogens (tertiary/aromatic N) is 1. The molecule has 1 aromatic heterocycles. The smallest absolute Gasteiger partial charge is 0.182 e. The average Bonchev–Trinajstić information content (AvgIpc) is 2.73. The van der Waals surface area contributed by atoms with Crippen LogP contribution in [0.5, 0.6) is 5.75 Å². The molecular weight excluding hydrogens is 336 g/mol. The highest BCUT2D eigenvalue weighted by Crippen LogP contribution is 2.28. The van der Waals surface area contributed by atoms with Crippen molar-refractivity contribution in [3.63, 3.8) is 0 Å². The molecule has 1 heterocycles. The monoisotopic (exact) mass is 348 g/mol. The zero-order valence-corrected chi connectivity index (χ0v) is 13.5. The van der Waals surface area contributed by atoms with Gasteiger partial charge in [0.25, 0.3) is 0 Å². The zero-order valence-electron chi connectivity index (χ0n) is 11.1. The number of methoxy groups -OCH3 is 1. The number of aryl methyl sites for hydroxylation is 1. The van der Waals surface area contributed by atoms with Gasteiger partial charge in [-0.15, -0.1) is 0 Å². The first kappa shape index (κ1) is 13.4. The quantitative estimate of drug-likeness (QED) is 0.676.